The van der Waals surface area contributed by atoms with Crippen LogP contribution < -0.4 is 5.32 Å². The van der Waals surface area contributed by atoms with Gasteiger partial charge in [-0.05, 0) is 18.3 Å². The number of rotatable bonds is 1. The molecule has 0 radical (unpaired) electrons. The van der Waals surface area contributed by atoms with Gasteiger partial charge < -0.3 is 5.32 Å². The molecule has 1 saturated carbocycles. The van der Waals surface area contributed by atoms with Crippen molar-refractivity contribution in [2.75, 3.05) is 6.54 Å². The lowest BCUT2D eigenvalue weighted by Gasteiger charge is -2.52. The smallest absolute Gasteiger partial charge is 0.107 e. The highest BCUT2D eigenvalue weighted by Crippen LogP contribution is 2.54. The molecule has 0 saturated heterocycles. The summed E-state index contributed by atoms with van der Waals surface area (Å²) in [5.41, 5.74) is 0.589. The maximum Gasteiger partial charge on any atom is 0.107 e. The fourth-order valence-corrected chi connectivity index (χ4v) is 2.79. The number of hydrogen-bond donors (Lipinski definition) is 1. The largest absolute Gasteiger partial charge is 0.349 e. The Morgan fingerprint density at radius 1 is 1.40 bits per heavy atom. The molecule has 0 spiro atoms. The first kappa shape index (κ1) is 11.2. The normalized spacial score (nSPS) is 24.8. The Labute approximate surface area is 100 Å². The van der Waals surface area contributed by atoms with Crippen LogP contribution in [0, 0.1) is 10.8 Å². The molecule has 0 aromatic heterocycles. The molecular weight excluding hydrogens is 252 g/mol. The van der Waals surface area contributed by atoms with Crippen LogP contribution in [0.25, 0.3) is 0 Å². The molecular formula is C12H19BrN2. The van der Waals surface area contributed by atoms with E-state index >= 15 is 0 Å². The van der Waals surface area contributed by atoms with E-state index in [0.717, 1.165) is 11.0 Å². The fraction of sp³-hybridized carbons (Fsp3) is 0.750. The van der Waals surface area contributed by atoms with Gasteiger partial charge in [0.1, 0.15) is 5.84 Å². The average molecular weight is 271 g/mol. The lowest BCUT2D eigenvalue weighted by atomic mass is 9.54. The first-order chi connectivity index (χ1) is 6.96. The van der Waals surface area contributed by atoms with Gasteiger partial charge in [0.05, 0.1) is 6.54 Å². The van der Waals surface area contributed by atoms with Crippen molar-refractivity contribution < 1.29 is 0 Å². The molecule has 1 aliphatic heterocycles. The summed E-state index contributed by atoms with van der Waals surface area (Å²) in [6.45, 7) is 7.76. The number of hydrogen-bond acceptors (Lipinski definition) is 2. The van der Waals surface area contributed by atoms with Crippen molar-refractivity contribution in [2.24, 2.45) is 15.8 Å². The summed E-state index contributed by atoms with van der Waals surface area (Å²) in [7, 11) is 0. The summed E-state index contributed by atoms with van der Waals surface area (Å²) in [4.78, 5) is 4.66. The monoisotopic (exact) mass is 270 g/mol. The molecule has 1 aliphatic carbocycles. The second kappa shape index (κ2) is 3.62. The fourth-order valence-electron chi connectivity index (χ4n) is 2.55. The molecule has 0 amide bonds. The zero-order chi connectivity index (χ0) is 11.1. The van der Waals surface area contributed by atoms with Crippen LogP contribution in [0.15, 0.2) is 15.7 Å². The van der Waals surface area contributed by atoms with E-state index in [2.05, 4.69) is 47.0 Å². The van der Waals surface area contributed by atoms with Gasteiger partial charge in [0.15, 0.2) is 0 Å². The summed E-state index contributed by atoms with van der Waals surface area (Å²) in [5, 5.41) is 3.36. The first-order valence-corrected chi connectivity index (χ1v) is 6.41. The van der Waals surface area contributed by atoms with Crippen molar-refractivity contribution in [3.05, 3.63) is 10.7 Å². The summed E-state index contributed by atoms with van der Waals surface area (Å²) >= 11 is 3.46. The van der Waals surface area contributed by atoms with Gasteiger partial charge in [0.2, 0.25) is 0 Å². The number of aliphatic imine (C=N–C) groups is 1. The zero-order valence-electron chi connectivity index (χ0n) is 9.73. The number of halogens is 1. The first-order valence-electron chi connectivity index (χ1n) is 5.62. The van der Waals surface area contributed by atoms with E-state index in [1.54, 1.807) is 0 Å². The van der Waals surface area contributed by atoms with Crippen LogP contribution in [0.2, 0.25) is 0 Å². The van der Waals surface area contributed by atoms with E-state index in [-0.39, 0.29) is 5.41 Å². The highest BCUT2D eigenvalue weighted by Gasteiger charge is 2.50. The molecule has 1 heterocycles. The molecule has 3 heteroatoms. The van der Waals surface area contributed by atoms with E-state index in [9.17, 15) is 0 Å². The zero-order valence-corrected chi connectivity index (χ0v) is 11.3. The minimum absolute atomic E-state index is 0.289. The Kier molecular flexibility index (Phi) is 2.70. The predicted molar refractivity (Wildman–Crippen MR) is 68.2 cm³/mol. The molecule has 1 N–H and O–H groups in total. The van der Waals surface area contributed by atoms with Gasteiger partial charge in [-0.25, -0.2) is 0 Å². The molecule has 15 heavy (non-hydrogen) atoms. The van der Waals surface area contributed by atoms with Crippen molar-refractivity contribution in [3.63, 3.8) is 0 Å². The molecule has 84 valence electrons. The van der Waals surface area contributed by atoms with Crippen LogP contribution in [-0.4, -0.2) is 12.4 Å². The Bertz CT molecular complexity index is 319. The van der Waals surface area contributed by atoms with Crippen molar-refractivity contribution in [2.45, 2.75) is 40.0 Å². The third-order valence-electron chi connectivity index (χ3n) is 3.85. The molecule has 0 aromatic carbocycles. The van der Waals surface area contributed by atoms with E-state index in [4.69, 9.17) is 0 Å². The Hall–Kier alpha value is -0.310. The lowest BCUT2D eigenvalue weighted by molar-refractivity contribution is 0.0695. The van der Waals surface area contributed by atoms with Crippen LogP contribution in [-0.2, 0) is 0 Å². The van der Waals surface area contributed by atoms with Crippen LogP contribution >= 0.6 is 15.9 Å². The Morgan fingerprint density at radius 3 is 2.40 bits per heavy atom. The van der Waals surface area contributed by atoms with Crippen LogP contribution in [0.1, 0.15) is 40.0 Å². The maximum atomic E-state index is 4.66. The topological polar surface area (TPSA) is 24.4 Å². The van der Waals surface area contributed by atoms with E-state index in [1.807, 2.05) is 6.20 Å². The SMILES string of the molecule is CC(C)(C)C1(C2=NCC(Br)=CN2)CCC1. The standard InChI is InChI=1S/C12H19BrN2/c1-11(2,3)12(5-4-6-12)10-14-7-9(13)8-15-10/h7H,4-6,8H2,1-3H3,(H,14,15). The van der Waals surface area contributed by atoms with E-state index in [0.29, 0.717) is 5.41 Å². The number of nitrogens with one attached hydrogen (secondary N) is 1. The van der Waals surface area contributed by atoms with Gasteiger partial charge in [-0.3, -0.25) is 4.99 Å². The van der Waals surface area contributed by atoms with Crippen LogP contribution in [0.5, 0.6) is 0 Å². The van der Waals surface area contributed by atoms with E-state index < -0.39 is 0 Å². The Morgan fingerprint density at radius 2 is 2.07 bits per heavy atom. The lowest BCUT2D eigenvalue weighted by Crippen LogP contribution is -2.53. The minimum Gasteiger partial charge on any atom is -0.349 e. The summed E-state index contributed by atoms with van der Waals surface area (Å²) in [6.07, 6.45) is 5.92. The number of amidine groups is 1. The molecule has 2 nitrogen and oxygen atoms in total. The van der Waals surface area contributed by atoms with Gasteiger partial charge in [-0.1, -0.05) is 43.1 Å². The number of nitrogens with zero attached hydrogens (tertiary/aromatic N) is 1. The Balaban J connectivity index is 2.22. The van der Waals surface area contributed by atoms with Gasteiger partial charge in [0.25, 0.3) is 0 Å². The summed E-state index contributed by atoms with van der Waals surface area (Å²) < 4.78 is 1.13. The van der Waals surface area contributed by atoms with Gasteiger partial charge in [-0.15, -0.1) is 0 Å². The third-order valence-corrected chi connectivity index (χ3v) is 4.33. The van der Waals surface area contributed by atoms with Crippen LogP contribution in [0.3, 0.4) is 0 Å². The highest BCUT2D eigenvalue weighted by atomic mass is 79.9. The second-order valence-corrected chi connectivity index (χ2v) is 6.60. The maximum absolute atomic E-state index is 4.66. The van der Waals surface area contributed by atoms with E-state index in [1.165, 1.54) is 25.1 Å². The minimum atomic E-state index is 0.289. The predicted octanol–water partition coefficient (Wildman–Crippen LogP) is 3.44. The van der Waals surface area contributed by atoms with Crippen molar-refractivity contribution in [1.29, 1.82) is 0 Å². The quantitative estimate of drug-likeness (QED) is 0.776. The van der Waals surface area contributed by atoms with Gasteiger partial charge >= 0.3 is 0 Å². The molecule has 2 rings (SSSR count). The summed E-state index contributed by atoms with van der Waals surface area (Å²) in [5.74, 6) is 1.20. The molecule has 0 unspecified atom stereocenters. The molecule has 0 atom stereocenters. The van der Waals surface area contributed by atoms with Crippen molar-refractivity contribution >= 4 is 21.8 Å². The molecule has 0 aromatic rings. The van der Waals surface area contributed by atoms with Crippen molar-refractivity contribution in [3.8, 4) is 0 Å². The molecule has 0 bridgehead atoms. The average Bonchev–Trinajstić information content (AvgIpc) is 2.03. The van der Waals surface area contributed by atoms with Gasteiger partial charge in [0, 0.05) is 16.1 Å². The third kappa shape index (κ3) is 1.75. The summed E-state index contributed by atoms with van der Waals surface area (Å²) in [6, 6.07) is 0. The molecule has 2 aliphatic rings. The highest BCUT2D eigenvalue weighted by molar-refractivity contribution is 9.11. The second-order valence-electron chi connectivity index (χ2n) is 5.59. The van der Waals surface area contributed by atoms with Crippen LogP contribution in [0.4, 0.5) is 0 Å². The van der Waals surface area contributed by atoms with Crippen molar-refractivity contribution in [1.82, 2.24) is 5.32 Å². The van der Waals surface area contributed by atoms with Gasteiger partial charge in [-0.2, -0.15) is 0 Å². The molecule has 1 fully saturated rings.